The number of nitrogens with one attached hydrogen (secondary N) is 1. The highest BCUT2D eigenvalue weighted by Gasteiger charge is 2.15. The van der Waals surface area contributed by atoms with E-state index in [1.165, 1.54) is 6.07 Å². The zero-order valence-corrected chi connectivity index (χ0v) is 16.3. The van der Waals surface area contributed by atoms with Gasteiger partial charge in [-0.05, 0) is 53.2 Å². The van der Waals surface area contributed by atoms with Gasteiger partial charge < -0.3 is 4.74 Å². The average molecular weight is 446 g/mol. The zero-order chi connectivity index (χ0) is 19.8. The highest BCUT2D eigenvalue weighted by atomic mass is 79.9. The Morgan fingerprint density at radius 2 is 2.00 bits per heavy atom. The molecule has 8 heteroatoms. The fourth-order valence-corrected chi connectivity index (χ4v) is 3.38. The highest BCUT2D eigenvalue weighted by Crippen LogP contribution is 2.26. The smallest absolute Gasteiger partial charge is 0.273 e. The minimum absolute atomic E-state index is 0.130. The van der Waals surface area contributed by atoms with Crippen molar-refractivity contribution in [2.24, 2.45) is 0 Å². The van der Waals surface area contributed by atoms with Gasteiger partial charge in [-0.25, -0.2) is 8.78 Å². The molecular formula is C20H14BrF2N3O2. The van der Waals surface area contributed by atoms with Crippen LogP contribution in [0.3, 0.4) is 0 Å². The van der Waals surface area contributed by atoms with E-state index >= 15 is 0 Å². The number of benzene rings is 2. The van der Waals surface area contributed by atoms with Crippen LogP contribution in [-0.4, -0.2) is 14.8 Å². The number of aryl methyl sites for hydroxylation is 1. The molecule has 2 heterocycles. The Morgan fingerprint density at radius 1 is 1.18 bits per heavy atom. The number of aromatic amines is 1. The van der Waals surface area contributed by atoms with Crippen molar-refractivity contribution in [2.75, 3.05) is 0 Å². The maximum Gasteiger partial charge on any atom is 0.273 e. The van der Waals surface area contributed by atoms with Crippen LogP contribution >= 0.6 is 15.9 Å². The summed E-state index contributed by atoms with van der Waals surface area (Å²) >= 11 is 3.28. The molecule has 0 radical (unpaired) electrons. The number of hydrogen-bond donors (Lipinski definition) is 1. The Balaban J connectivity index is 1.68. The predicted octanol–water partition coefficient (Wildman–Crippen LogP) is 4.64. The second-order valence-electron chi connectivity index (χ2n) is 6.27. The van der Waals surface area contributed by atoms with E-state index in [2.05, 4.69) is 26.1 Å². The van der Waals surface area contributed by atoms with Crippen molar-refractivity contribution >= 4 is 26.8 Å². The average Bonchev–Trinajstić information content (AvgIpc) is 3.12. The van der Waals surface area contributed by atoms with Gasteiger partial charge >= 0.3 is 0 Å². The minimum Gasteiger partial charge on any atom is -0.487 e. The lowest BCUT2D eigenvalue weighted by Crippen LogP contribution is -2.22. The maximum atomic E-state index is 13.8. The number of rotatable bonds is 4. The quantitative estimate of drug-likeness (QED) is 0.497. The highest BCUT2D eigenvalue weighted by molar-refractivity contribution is 9.10. The van der Waals surface area contributed by atoms with Crippen molar-refractivity contribution in [1.82, 2.24) is 14.8 Å². The van der Waals surface area contributed by atoms with Gasteiger partial charge in [0.2, 0.25) is 0 Å². The topological polar surface area (TPSA) is 59.9 Å². The van der Waals surface area contributed by atoms with Crippen molar-refractivity contribution in [3.05, 3.63) is 86.4 Å². The largest absolute Gasteiger partial charge is 0.487 e. The molecule has 0 bridgehead atoms. The van der Waals surface area contributed by atoms with E-state index in [-0.39, 0.29) is 28.0 Å². The Morgan fingerprint density at radius 3 is 2.79 bits per heavy atom. The van der Waals surface area contributed by atoms with Gasteiger partial charge in [-0.1, -0.05) is 0 Å². The third-order valence-electron chi connectivity index (χ3n) is 4.38. The van der Waals surface area contributed by atoms with Crippen LogP contribution in [0.5, 0.6) is 5.75 Å². The van der Waals surface area contributed by atoms with E-state index in [1.54, 1.807) is 23.8 Å². The Labute approximate surface area is 166 Å². The number of H-pyrrole nitrogens is 1. The van der Waals surface area contributed by atoms with E-state index in [9.17, 15) is 13.6 Å². The zero-order valence-electron chi connectivity index (χ0n) is 14.7. The first kappa shape index (κ1) is 18.4. The van der Waals surface area contributed by atoms with Crippen LogP contribution in [0.25, 0.3) is 16.6 Å². The number of nitrogens with zero attached hydrogens (tertiary/aromatic N) is 2. The second kappa shape index (κ2) is 7.20. The number of ether oxygens (including phenoxy) is 1. The summed E-state index contributed by atoms with van der Waals surface area (Å²) in [4.78, 5) is 12.9. The molecule has 0 fully saturated rings. The lowest BCUT2D eigenvalue weighted by Gasteiger charge is -2.15. The molecule has 1 N–H and O–H groups in total. The molecule has 0 aliphatic heterocycles. The molecule has 0 amide bonds. The molecule has 0 atom stereocenters. The van der Waals surface area contributed by atoms with E-state index in [1.807, 2.05) is 18.2 Å². The van der Waals surface area contributed by atoms with Crippen LogP contribution < -0.4 is 10.3 Å². The summed E-state index contributed by atoms with van der Waals surface area (Å²) in [5, 5.41) is 7.73. The second-order valence-corrected chi connectivity index (χ2v) is 7.06. The van der Waals surface area contributed by atoms with Gasteiger partial charge in [-0.2, -0.15) is 5.10 Å². The van der Waals surface area contributed by atoms with Crippen LogP contribution in [0.1, 0.15) is 11.3 Å². The number of pyridine rings is 1. The van der Waals surface area contributed by atoms with E-state index in [0.717, 1.165) is 23.0 Å². The number of aromatic nitrogens is 3. The molecule has 0 spiro atoms. The normalized spacial score (nSPS) is 11.1. The van der Waals surface area contributed by atoms with E-state index in [0.29, 0.717) is 11.4 Å². The lowest BCUT2D eigenvalue weighted by molar-refractivity contribution is 0.296. The fraction of sp³-hybridized carbons (Fsp3) is 0.100. The molecule has 0 saturated carbocycles. The molecule has 142 valence electrons. The third kappa shape index (κ3) is 3.31. The van der Waals surface area contributed by atoms with Crippen molar-refractivity contribution in [1.29, 1.82) is 0 Å². The third-order valence-corrected chi connectivity index (χ3v) is 5.11. The monoisotopic (exact) mass is 445 g/mol. The number of halogens is 3. The number of fused-ring (bicyclic) bond motifs is 1. The molecule has 2 aromatic carbocycles. The molecule has 0 saturated heterocycles. The number of hydrogen-bond acceptors (Lipinski definition) is 3. The summed E-state index contributed by atoms with van der Waals surface area (Å²) in [6, 6.07) is 10.5. The Bertz CT molecular complexity index is 1250. The van der Waals surface area contributed by atoms with Crippen LogP contribution in [0.4, 0.5) is 8.78 Å². The molecule has 4 rings (SSSR count). The SMILES string of the molecule is Cc1cc(OCc2ccc(F)cc2F)c(Br)c(=O)n1-c1ccc2[nH]ncc2c1. The maximum absolute atomic E-state index is 13.8. The summed E-state index contributed by atoms with van der Waals surface area (Å²) in [6.45, 7) is 1.65. The first-order valence-electron chi connectivity index (χ1n) is 8.36. The van der Waals surface area contributed by atoms with Gasteiger partial charge in [-0.3, -0.25) is 14.5 Å². The van der Waals surface area contributed by atoms with Gasteiger partial charge in [0, 0.05) is 34.5 Å². The Kier molecular flexibility index (Phi) is 4.72. The van der Waals surface area contributed by atoms with E-state index < -0.39 is 11.6 Å². The molecule has 4 aromatic rings. The fourth-order valence-electron chi connectivity index (χ4n) is 2.97. The van der Waals surface area contributed by atoms with Gasteiger partial charge in [-0.15, -0.1) is 0 Å². The molecular weight excluding hydrogens is 432 g/mol. The van der Waals surface area contributed by atoms with Gasteiger partial charge in [0.05, 0.1) is 11.7 Å². The minimum atomic E-state index is -0.699. The standard InChI is InChI=1S/C20H14BrF2N3O2/c1-11-6-18(28-10-12-2-3-14(22)8-16(12)23)19(21)20(27)26(11)15-4-5-17-13(7-15)9-24-25-17/h2-9H,10H2,1H3,(H,24,25). The summed E-state index contributed by atoms with van der Waals surface area (Å²) in [7, 11) is 0. The van der Waals surface area contributed by atoms with Crippen molar-refractivity contribution < 1.29 is 13.5 Å². The predicted molar refractivity (Wildman–Crippen MR) is 105 cm³/mol. The van der Waals surface area contributed by atoms with Gasteiger partial charge in [0.25, 0.3) is 5.56 Å². The summed E-state index contributed by atoms with van der Waals surface area (Å²) in [5.74, 6) is -1.07. The molecule has 2 aromatic heterocycles. The molecule has 0 aliphatic carbocycles. The molecule has 0 aliphatic rings. The van der Waals surface area contributed by atoms with Crippen LogP contribution in [0.2, 0.25) is 0 Å². The van der Waals surface area contributed by atoms with Crippen LogP contribution in [0, 0.1) is 18.6 Å². The first-order valence-corrected chi connectivity index (χ1v) is 9.16. The van der Waals surface area contributed by atoms with Gasteiger partial charge in [0.15, 0.2) is 0 Å². The summed E-state index contributed by atoms with van der Waals surface area (Å²) < 4.78 is 34.2. The van der Waals surface area contributed by atoms with Crippen LogP contribution in [-0.2, 0) is 6.61 Å². The van der Waals surface area contributed by atoms with E-state index in [4.69, 9.17) is 4.74 Å². The summed E-state index contributed by atoms with van der Waals surface area (Å²) in [6.07, 6.45) is 1.68. The Hall–Kier alpha value is -3.00. The molecule has 28 heavy (non-hydrogen) atoms. The van der Waals surface area contributed by atoms with Crippen LogP contribution in [0.15, 0.2) is 57.9 Å². The molecule has 0 unspecified atom stereocenters. The first-order chi connectivity index (χ1) is 13.4. The van der Waals surface area contributed by atoms with Gasteiger partial charge in [0.1, 0.15) is 28.5 Å². The lowest BCUT2D eigenvalue weighted by atomic mass is 10.2. The molecule has 5 nitrogen and oxygen atoms in total. The van der Waals surface area contributed by atoms with Crippen molar-refractivity contribution in [3.63, 3.8) is 0 Å². The van der Waals surface area contributed by atoms with Crippen molar-refractivity contribution in [3.8, 4) is 11.4 Å². The summed E-state index contributed by atoms with van der Waals surface area (Å²) in [5.41, 5.74) is 2.09. The van der Waals surface area contributed by atoms with Crippen molar-refractivity contribution in [2.45, 2.75) is 13.5 Å².